The third-order valence-electron chi connectivity index (χ3n) is 2.71. The second-order valence-electron chi connectivity index (χ2n) is 4.20. The molecule has 20 heavy (non-hydrogen) atoms. The van der Waals surface area contributed by atoms with Crippen LogP contribution in [0.1, 0.15) is 16.1 Å². The minimum atomic E-state index is -0.144. The molecule has 0 unspecified atom stereocenters. The van der Waals surface area contributed by atoms with Gasteiger partial charge in [-0.05, 0) is 6.42 Å². The van der Waals surface area contributed by atoms with E-state index in [0.717, 1.165) is 12.0 Å². The molecule has 1 aromatic heterocycles. The number of rotatable bonds is 6. The van der Waals surface area contributed by atoms with Gasteiger partial charge in [0.2, 0.25) is 0 Å². The minimum absolute atomic E-state index is 0.144. The van der Waals surface area contributed by atoms with Crippen LogP contribution in [0.15, 0.2) is 30.3 Å². The number of nitrogens with one attached hydrogen (secondary N) is 1. The van der Waals surface area contributed by atoms with E-state index in [0.29, 0.717) is 28.9 Å². The molecule has 0 atom stereocenters. The van der Waals surface area contributed by atoms with Gasteiger partial charge in [0, 0.05) is 25.8 Å². The Bertz CT molecular complexity index is 569. The molecule has 0 spiro atoms. The molecule has 1 heterocycles. The van der Waals surface area contributed by atoms with Gasteiger partial charge in [-0.1, -0.05) is 41.7 Å². The lowest BCUT2D eigenvalue weighted by Gasteiger charge is -2.05. The summed E-state index contributed by atoms with van der Waals surface area (Å²) in [5.41, 5.74) is 7.27. The summed E-state index contributed by atoms with van der Waals surface area (Å²) in [6.45, 7) is 1.19. The molecule has 0 saturated carbocycles. The largest absolute Gasteiger partial charge is 0.385 e. The lowest BCUT2D eigenvalue weighted by molar-refractivity contribution is 0.0953. The number of amides is 1. The molecule has 3 N–H and O–H groups in total. The molecule has 2 aromatic rings. The lowest BCUT2D eigenvalue weighted by atomic mass is 10.1. The zero-order chi connectivity index (χ0) is 14.4. The fourth-order valence-corrected chi connectivity index (χ4v) is 2.55. The van der Waals surface area contributed by atoms with Crippen LogP contribution in [0.2, 0.25) is 0 Å². The Kier molecular flexibility index (Phi) is 5.09. The Hall–Kier alpha value is -1.92. The fraction of sp³-hybridized carbons (Fsp3) is 0.286. The Balaban J connectivity index is 2.14. The van der Waals surface area contributed by atoms with Gasteiger partial charge < -0.3 is 15.8 Å². The highest BCUT2D eigenvalue weighted by molar-refractivity contribution is 7.17. The highest BCUT2D eigenvalue weighted by atomic mass is 32.1. The summed E-state index contributed by atoms with van der Waals surface area (Å²) in [7, 11) is 1.64. The van der Waals surface area contributed by atoms with Crippen LogP contribution < -0.4 is 11.1 Å². The van der Waals surface area contributed by atoms with E-state index in [-0.39, 0.29) is 5.91 Å². The average Bonchev–Trinajstić information content (AvgIpc) is 2.86. The molecule has 106 valence electrons. The molecule has 0 aliphatic rings. The number of anilines is 1. The van der Waals surface area contributed by atoms with Crippen LogP contribution in [0.5, 0.6) is 0 Å². The smallest absolute Gasteiger partial charge is 0.263 e. The summed E-state index contributed by atoms with van der Waals surface area (Å²) in [5, 5.41) is 3.25. The second kappa shape index (κ2) is 7.02. The van der Waals surface area contributed by atoms with Gasteiger partial charge in [-0.2, -0.15) is 0 Å². The van der Waals surface area contributed by atoms with Gasteiger partial charge in [-0.15, -0.1) is 0 Å². The zero-order valence-electron chi connectivity index (χ0n) is 11.3. The van der Waals surface area contributed by atoms with Gasteiger partial charge in [0.05, 0.1) is 5.69 Å². The number of hydrogen-bond donors (Lipinski definition) is 2. The number of benzene rings is 1. The molecule has 0 radical (unpaired) electrons. The molecule has 2 rings (SSSR count). The number of aromatic nitrogens is 1. The number of ether oxygens (including phenoxy) is 1. The van der Waals surface area contributed by atoms with Gasteiger partial charge >= 0.3 is 0 Å². The van der Waals surface area contributed by atoms with Crippen molar-refractivity contribution in [2.24, 2.45) is 0 Å². The number of thiazole rings is 1. The van der Waals surface area contributed by atoms with E-state index in [1.807, 2.05) is 30.3 Å². The van der Waals surface area contributed by atoms with E-state index in [2.05, 4.69) is 10.3 Å². The molecule has 1 aromatic carbocycles. The molecule has 1 amide bonds. The van der Waals surface area contributed by atoms with Crippen LogP contribution in [0.25, 0.3) is 11.3 Å². The topological polar surface area (TPSA) is 77.2 Å². The molecule has 0 aliphatic heterocycles. The van der Waals surface area contributed by atoms with Crippen LogP contribution in [0, 0.1) is 0 Å². The summed E-state index contributed by atoms with van der Waals surface area (Å²) in [4.78, 5) is 17.0. The van der Waals surface area contributed by atoms with E-state index in [4.69, 9.17) is 10.5 Å². The van der Waals surface area contributed by atoms with Gasteiger partial charge in [0.1, 0.15) is 4.88 Å². The van der Waals surface area contributed by atoms with Crippen molar-refractivity contribution in [1.29, 1.82) is 0 Å². The monoisotopic (exact) mass is 291 g/mol. The number of nitrogens with two attached hydrogens (primary N) is 1. The third kappa shape index (κ3) is 3.55. The van der Waals surface area contributed by atoms with Crippen LogP contribution in [-0.2, 0) is 4.74 Å². The zero-order valence-corrected chi connectivity index (χ0v) is 12.1. The Morgan fingerprint density at radius 2 is 2.15 bits per heavy atom. The lowest BCUT2D eigenvalue weighted by Crippen LogP contribution is -2.24. The molecule has 0 fully saturated rings. The van der Waals surface area contributed by atoms with Crippen LogP contribution >= 0.6 is 11.3 Å². The van der Waals surface area contributed by atoms with Crippen molar-refractivity contribution in [2.75, 3.05) is 26.0 Å². The number of methoxy groups -OCH3 is 1. The first-order chi connectivity index (χ1) is 9.72. The first-order valence-electron chi connectivity index (χ1n) is 6.31. The summed E-state index contributed by atoms with van der Waals surface area (Å²) in [5.74, 6) is -0.144. The van der Waals surface area contributed by atoms with Crippen molar-refractivity contribution in [1.82, 2.24) is 10.3 Å². The number of hydrogen-bond acceptors (Lipinski definition) is 5. The SMILES string of the molecule is COCCCNC(=O)c1sc(N)nc1-c1ccccc1. The van der Waals surface area contributed by atoms with Crippen LogP contribution in [0.4, 0.5) is 5.13 Å². The fourth-order valence-electron chi connectivity index (χ4n) is 1.78. The van der Waals surface area contributed by atoms with E-state index < -0.39 is 0 Å². The molecule has 0 bridgehead atoms. The van der Waals surface area contributed by atoms with Gasteiger partial charge in [-0.25, -0.2) is 4.98 Å². The second-order valence-corrected chi connectivity index (χ2v) is 5.23. The van der Waals surface area contributed by atoms with Crippen molar-refractivity contribution in [3.8, 4) is 11.3 Å². The minimum Gasteiger partial charge on any atom is -0.385 e. The van der Waals surface area contributed by atoms with Crippen LogP contribution in [-0.4, -0.2) is 31.2 Å². The van der Waals surface area contributed by atoms with E-state index in [1.54, 1.807) is 7.11 Å². The quantitative estimate of drug-likeness (QED) is 0.800. The first-order valence-corrected chi connectivity index (χ1v) is 7.13. The highest BCUT2D eigenvalue weighted by Gasteiger charge is 2.17. The van der Waals surface area contributed by atoms with E-state index >= 15 is 0 Å². The predicted octanol–water partition coefficient (Wildman–Crippen LogP) is 2.16. The standard InChI is InChI=1S/C14H17N3O2S/c1-19-9-5-8-16-13(18)12-11(17-14(15)20-12)10-6-3-2-4-7-10/h2-4,6-7H,5,8-9H2,1H3,(H2,15,17)(H,16,18). The van der Waals surface area contributed by atoms with Crippen LogP contribution in [0.3, 0.4) is 0 Å². The Morgan fingerprint density at radius 3 is 2.85 bits per heavy atom. The van der Waals surface area contributed by atoms with Crippen molar-refractivity contribution in [2.45, 2.75) is 6.42 Å². The highest BCUT2D eigenvalue weighted by Crippen LogP contribution is 2.29. The molecule has 5 nitrogen and oxygen atoms in total. The Labute approximate surface area is 121 Å². The van der Waals surface area contributed by atoms with Crippen molar-refractivity contribution in [3.05, 3.63) is 35.2 Å². The predicted molar refractivity (Wildman–Crippen MR) is 80.8 cm³/mol. The summed E-state index contributed by atoms with van der Waals surface area (Å²) in [6, 6.07) is 9.56. The number of nitrogens with zero attached hydrogens (tertiary/aromatic N) is 1. The molecule has 0 saturated heterocycles. The maximum Gasteiger partial charge on any atom is 0.263 e. The molecular formula is C14H17N3O2S. The van der Waals surface area contributed by atoms with Crippen molar-refractivity contribution < 1.29 is 9.53 Å². The number of carbonyl (C=O) groups excluding carboxylic acids is 1. The Morgan fingerprint density at radius 1 is 1.40 bits per heavy atom. The third-order valence-corrected chi connectivity index (χ3v) is 3.59. The summed E-state index contributed by atoms with van der Waals surface area (Å²) < 4.78 is 4.95. The first kappa shape index (κ1) is 14.5. The maximum absolute atomic E-state index is 12.2. The molecule has 0 aliphatic carbocycles. The van der Waals surface area contributed by atoms with Gasteiger partial charge in [0.15, 0.2) is 5.13 Å². The summed E-state index contributed by atoms with van der Waals surface area (Å²) in [6.07, 6.45) is 0.775. The van der Waals surface area contributed by atoms with Crippen molar-refractivity contribution in [3.63, 3.8) is 0 Å². The van der Waals surface area contributed by atoms with E-state index in [1.165, 1.54) is 11.3 Å². The van der Waals surface area contributed by atoms with Gasteiger partial charge in [0.25, 0.3) is 5.91 Å². The van der Waals surface area contributed by atoms with Gasteiger partial charge in [-0.3, -0.25) is 4.79 Å². The normalized spacial score (nSPS) is 10.4. The van der Waals surface area contributed by atoms with E-state index in [9.17, 15) is 4.79 Å². The molecule has 6 heteroatoms. The number of nitrogen functional groups attached to an aromatic ring is 1. The molecular weight excluding hydrogens is 274 g/mol. The van der Waals surface area contributed by atoms with Crippen molar-refractivity contribution >= 4 is 22.4 Å². The summed E-state index contributed by atoms with van der Waals surface area (Å²) >= 11 is 1.20. The average molecular weight is 291 g/mol. The number of carbonyl (C=O) groups is 1. The maximum atomic E-state index is 12.2.